The number of rotatable bonds is 5. The van der Waals surface area contributed by atoms with Gasteiger partial charge in [0.15, 0.2) is 15.6 Å². The summed E-state index contributed by atoms with van der Waals surface area (Å²) in [5.74, 6) is -1.95. The maximum Gasteiger partial charge on any atom is 0.242 e. The highest BCUT2D eigenvalue weighted by molar-refractivity contribution is 7.91. The number of thiophene rings is 1. The van der Waals surface area contributed by atoms with E-state index < -0.39 is 27.6 Å². The minimum absolute atomic E-state index is 0.00561. The number of ketones is 1. The second-order valence-electron chi connectivity index (χ2n) is 5.04. The van der Waals surface area contributed by atoms with E-state index in [1.54, 1.807) is 17.5 Å². The maximum absolute atomic E-state index is 11.7. The number of hydrogen-bond donors (Lipinski definition) is 2. The molecule has 0 aromatic carbocycles. The Labute approximate surface area is 132 Å². The number of hydrogen-bond acceptors (Lipinski definition) is 6. The van der Waals surface area contributed by atoms with Crippen LogP contribution in [0.25, 0.3) is 0 Å². The van der Waals surface area contributed by atoms with Gasteiger partial charge in [-0.1, -0.05) is 6.07 Å². The number of sulfone groups is 1. The SMILES string of the molecule is O=C(CCC(=O)c1cccs1)NNC(=O)[C@@H]1CCS(=O)(=O)C1. The monoisotopic (exact) mass is 344 g/mol. The first kappa shape index (κ1) is 16.6. The fourth-order valence-electron chi connectivity index (χ4n) is 2.09. The van der Waals surface area contributed by atoms with Crippen LogP contribution in [0.2, 0.25) is 0 Å². The van der Waals surface area contributed by atoms with Gasteiger partial charge in [-0.15, -0.1) is 11.3 Å². The van der Waals surface area contributed by atoms with Crippen molar-refractivity contribution < 1.29 is 22.8 Å². The molecule has 1 atom stereocenters. The normalized spacial score (nSPS) is 19.5. The number of nitrogens with one attached hydrogen (secondary N) is 2. The van der Waals surface area contributed by atoms with Gasteiger partial charge in [-0.05, 0) is 17.9 Å². The highest BCUT2D eigenvalue weighted by Crippen LogP contribution is 2.18. The predicted octanol–water partition coefficient (Wildman–Crippen LogP) is 0.293. The van der Waals surface area contributed by atoms with Gasteiger partial charge < -0.3 is 0 Å². The molecule has 0 aliphatic carbocycles. The Hall–Kier alpha value is -1.74. The maximum atomic E-state index is 11.7. The van der Waals surface area contributed by atoms with E-state index in [0.29, 0.717) is 4.88 Å². The van der Waals surface area contributed by atoms with E-state index in [-0.39, 0.29) is 36.6 Å². The highest BCUT2D eigenvalue weighted by Gasteiger charge is 2.33. The number of Topliss-reactive ketones (excluding diaryl/α,β-unsaturated/α-hetero) is 1. The molecule has 2 amide bonds. The lowest BCUT2D eigenvalue weighted by atomic mass is 10.1. The minimum atomic E-state index is -3.14. The van der Waals surface area contributed by atoms with E-state index in [1.165, 1.54) is 11.3 Å². The molecule has 22 heavy (non-hydrogen) atoms. The molecule has 1 aromatic rings. The molecule has 1 fully saturated rings. The molecule has 9 heteroatoms. The van der Waals surface area contributed by atoms with Crippen molar-refractivity contribution in [1.82, 2.24) is 10.9 Å². The van der Waals surface area contributed by atoms with Crippen molar-refractivity contribution in [2.45, 2.75) is 19.3 Å². The first-order valence-corrected chi connectivity index (χ1v) is 9.43. The zero-order valence-electron chi connectivity index (χ0n) is 11.7. The lowest BCUT2D eigenvalue weighted by Gasteiger charge is -2.10. The predicted molar refractivity (Wildman–Crippen MR) is 80.9 cm³/mol. The van der Waals surface area contributed by atoms with Gasteiger partial charge >= 0.3 is 0 Å². The summed E-state index contributed by atoms with van der Waals surface area (Å²) in [4.78, 5) is 35.6. The fraction of sp³-hybridized carbons (Fsp3) is 0.462. The molecular weight excluding hydrogens is 328 g/mol. The van der Waals surface area contributed by atoms with Gasteiger partial charge in [-0.2, -0.15) is 0 Å². The average molecular weight is 344 g/mol. The van der Waals surface area contributed by atoms with Crippen molar-refractivity contribution in [2.75, 3.05) is 11.5 Å². The van der Waals surface area contributed by atoms with Gasteiger partial charge in [-0.3, -0.25) is 25.2 Å². The summed E-state index contributed by atoms with van der Waals surface area (Å²) in [5, 5.41) is 1.78. The van der Waals surface area contributed by atoms with E-state index in [1.807, 2.05) is 0 Å². The molecule has 1 aromatic heterocycles. The standard InChI is InChI=1S/C13H16N2O5S2/c16-10(11-2-1-6-21-11)3-4-12(17)14-15-13(18)9-5-7-22(19,20)8-9/h1-2,6,9H,3-5,7-8H2,(H,14,17)(H,15,18)/t9-/m1/s1. The Morgan fingerprint density at radius 1 is 1.23 bits per heavy atom. The molecule has 1 aliphatic rings. The Morgan fingerprint density at radius 2 is 2.00 bits per heavy atom. The van der Waals surface area contributed by atoms with Gasteiger partial charge in [-0.25, -0.2) is 8.42 Å². The smallest absolute Gasteiger partial charge is 0.242 e. The van der Waals surface area contributed by atoms with Crippen LogP contribution in [-0.2, 0) is 19.4 Å². The van der Waals surface area contributed by atoms with Gasteiger partial charge in [0.25, 0.3) is 0 Å². The Morgan fingerprint density at radius 3 is 2.59 bits per heavy atom. The summed E-state index contributed by atoms with van der Waals surface area (Å²) >= 11 is 1.31. The zero-order valence-corrected chi connectivity index (χ0v) is 13.3. The second kappa shape index (κ2) is 7.01. The second-order valence-corrected chi connectivity index (χ2v) is 8.21. The molecule has 1 aliphatic heterocycles. The largest absolute Gasteiger partial charge is 0.293 e. The Balaban J connectivity index is 1.69. The van der Waals surface area contributed by atoms with E-state index >= 15 is 0 Å². The molecule has 0 unspecified atom stereocenters. The van der Waals surface area contributed by atoms with Gasteiger partial charge in [0.1, 0.15) is 0 Å². The third-order valence-corrected chi connectivity index (χ3v) is 5.98. The molecule has 120 valence electrons. The van der Waals surface area contributed by atoms with Crippen LogP contribution < -0.4 is 10.9 Å². The molecule has 2 heterocycles. The van der Waals surface area contributed by atoms with Crippen molar-refractivity contribution in [3.05, 3.63) is 22.4 Å². The molecule has 0 spiro atoms. The van der Waals surface area contributed by atoms with E-state index in [9.17, 15) is 22.8 Å². The molecule has 0 radical (unpaired) electrons. The van der Waals surface area contributed by atoms with Crippen molar-refractivity contribution in [1.29, 1.82) is 0 Å². The van der Waals surface area contributed by atoms with Crippen LogP contribution in [0, 0.1) is 5.92 Å². The molecule has 1 saturated heterocycles. The van der Waals surface area contributed by atoms with E-state index in [2.05, 4.69) is 10.9 Å². The van der Waals surface area contributed by atoms with Crippen molar-refractivity contribution >= 4 is 38.8 Å². The topological polar surface area (TPSA) is 109 Å². The summed E-state index contributed by atoms with van der Waals surface area (Å²) in [5.41, 5.74) is 4.41. The van der Waals surface area contributed by atoms with Crippen LogP contribution in [0.5, 0.6) is 0 Å². The Kier molecular flexibility index (Phi) is 5.30. The van der Waals surface area contributed by atoms with E-state index in [0.717, 1.165) is 0 Å². The summed E-state index contributed by atoms with van der Waals surface area (Å²) in [7, 11) is -3.14. The van der Waals surface area contributed by atoms with Crippen molar-refractivity contribution in [3.63, 3.8) is 0 Å². The summed E-state index contributed by atoms with van der Waals surface area (Å²) in [6.45, 7) is 0. The van der Waals surface area contributed by atoms with Crippen LogP contribution in [0.4, 0.5) is 0 Å². The minimum Gasteiger partial charge on any atom is -0.293 e. The molecule has 2 N–H and O–H groups in total. The Bertz CT molecular complexity index is 667. The lowest BCUT2D eigenvalue weighted by molar-refractivity contribution is -0.130. The number of carbonyl (C=O) groups is 3. The lowest BCUT2D eigenvalue weighted by Crippen LogP contribution is -2.44. The third kappa shape index (κ3) is 4.63. The molecule has 2 rings (SSSR count). The third-order valence-electron chi connectivity index (χ3n) is 3.30. The van der Waals surface area contributed by atoms with E-state index in [4.69, 9.17) is 0 Å². The number of hydrazine groups is 1. The quantitative estimate of drug-likeness (QED) is 0.589. The van der Waals surface area contributed by atoms with Crippen LogP contribution in [0.15, 0.2) is 17.5 Å². The average Bonchev–Trinajstić information content (AvgIpc) is 3.11. The van der Waals surface area contributed by atoms with Crippen LogP contribution in [0.1, 0.15) is 28.9 Å². The van der Waals surface area contributed by atoms with Crippen LogP contribution in [-0.4, -0.2) is 37.5 Å². The molecule has 0 saturated carbocycles. The van der Waals surface area contributed by atoms with Crippen molar-refractivity contribution in [2.24, 2.45) is 5.92 Å². The first-order valence-electron chi connectivity index (χ1n) is 6.73. The zero-order chi connectivity index (χ0) is 16.2. The van der Waals surface area contributed by atoms with Gasteiger partial charge in [0.05, 0.1) is 22.3 Å². The summed E-state index contributed by atoms with van der Waals surface area (Å²) in [6, 6.07) is 3.45. The summed E-state index contributed by atoms with van der Waals surface area (Å²) < 4.78 is 22.5. The molecule has 7 nitrogen and oxygen atoms in total. The highest BCUT2D eigenvalue weighted by atomic mass is 32.2. The number of carbonyl (C=O) groups excluding carboxylic acids is 3. The summed E-state index contributed by atoms with van der Waals surface area (Å²) in [6.07, 6.45) is 0.279. The van der Waals surface area contributed by atoms with Gasteiger partial charge in [0.2, 0.25) is 11.8 Å². The van der Waals surface area contributed by atoms with Crippen molar-refractivity contribution in [3.8, 4) is 0 Å². The molecular formula is C13H16N2O5S2. The molecule has 0 bridgehead atoms. The first-order chi connectivity index (χ1) is 10.4. The van der Waals surface area contributed by atoms with Gasteiger partial charge in [0, 0.05) is 12.8 Å². The fourth-order valence-corrected chi connectivity index (χ4v) is 4.52. The van der Waals surface area contributed by atoms with Crippen LogP contribution in [0.3, 0.4) is 0 Å². The number of amides is 2. The van der Waals surface area contributed by atoms with Crippen LogP contribution >= 0.6 is 11.3 Å².